The average molecular weight is 228 g/mol. The molecule has 0 aromatic heterocycles. The van der Waals surface area contributed by atoms with Gasteiger partial charge in [0.15, 0.2) is 6.10 Å². The van der Waals surface area contributed by atoms with Crippen LogP contribution in [0, 0.1) is 5.92 Å². The highest BCUT2D eigenvalue weighted by Crippen LogP contribution is 2.17. The van der Waals surface area contributed by atoms with E-state index in [0.29, 0.717) is 12.3 Å². The van der Waals surface area contributed by atoms with E-state index in [9.17, 15) is 9.59 Å². The second-order valence-electron chi connectivity index (χ2n) is 3.92. The van der Waals surface area contributed by atoms with E-state index < -0.39 is 24.5 Å². The minimum atomic E-state index is -1.09. The molecule has 0 bridgehead atoms. The van der Waals surface area contributed by atoms with Crippen molar-refractivity contribution in [1.82, 2.24) is 5.01 Å². The van der Waals surface area contributed by atoms with Gasteiger partial charge in [-0.3, -0.25) is 9.59 Å². The molecule has 1 unspecified atom stereocenters. The SMILES string of the molecule is CCC1=NN(CC(=O)O)C(=O)C(C(C)C)O1. The first-order valence-electron chi connectivity index (χ1n) is 5.23. The smallest absolute Gasteiger partial charge is 0.325 e. The van der Waals surface area contributed by atoms with Gasteiger partial charge in [-0.2, -0.15) is 0 Å². The van der Waals surface area contributed by atoms with Gasteiger partial charge in [0.25, 0.3) is 5.91 Å². The van der Waals surface area contributed by atoms with Gasteiger partial charge >= 0.3 is 5.97 Å². The van der Waals surface area contributed by atoms with Crippen LogP contribution in [0.3, 0.4) is 0 Å². The van der Waals surface area contributed by atoms with Crippen molar-refractivity contribution in [1.29, 1.82) is 0 Å². The number of carbonyl (C=O) groups excluding carboxylic acids is 1. The average Bonchev–Trinajstić information content (AvgIpc) is 2.19. The molecule has 1 amide bonds. The van der Waals surface area contributed by atoms with Crippen molar-refractivity contribution >= 4 is 17.8 Å². The fraction of sp³-hybridized carbons (Fsp3) is 0.700. The van der Waals surface area contributed by atoms with Gasteiger partial charge in [0.1, 0.15) is 6.54 Å². The Kier molecular flexibility index (Phi) is 3.87. The van der Waals surface area contributed by atoms with Crippen molar-refractivity contribution in [3.05, 3.63) is 0 Å². The van der Waals surface area contributed by atoms with Crippen molar-refractivity contribution in [2.24, 2.45) is 11.0 Å². The van der Waals surface area contributed by atoms with Crippen molar-refractivity contribution in [3.63, 3.8) is 0 Å². The molecule has 0 aromatic carbocycles. The van der Waals surface area contributed by atoms with Gasteiger partial charge in [-0.15, -0.1) is 5.10 Å². The first-order chi connectivity index (χ1) is 7.45. The normalized spacial score (nSPS) is 20.8. The summed E-state index contributed by atoms with van der Waals surface area (Å²) in [5, 5.41) is 13.5. The summed E-state index contributed by atoms with van der Waals surface area (Å²) in [7, 11) is 0. The molecule has 0 saturated heterocycles. The maximum Gasteiger partial charge on any atom is 0.325 e. The lowest BCUT2D eigenvalue weighted by atomic mass is 10.1. The summed E-state index contributed by atoms with van der Waals surface area (Å²) in [6, 6.07) is 0. The zero-order valence-electron chi connectivity index (χ0n) is 9.64. The number of rotatable bonds is 4. The molecule has 1 rings (SSSR count). The Hall–Kier alpha value is -1.59. The topological polar surface area (TPSA) is 79.2 Å². The molecule has 0 fully saturated rings. The molecule has 16 heavy (non-hydrogen) atoms. The van der Waals surface area contributed by atoms with Crippen LogP contribution in [-0.4, -0.2) is 40.5 Å². The van der Waals surface area contributed by atoms with Gasteiger partial charge in [0, 0.05) is 6.42 Å². The summed E-state index contributed by atoms with van der Waals surface area (Å²) < 4.78 is 5.39. The third-order valence-electron chi connectivity index (χ3n) is 2.19. The van der Waals surface area contributed by atoms with Crippen LogP contribution < -0.4 is 0 Å². The molecule has 1 N–H and O–H groups in total. The van der Waals surface area contributed by atoms with Crippen molar-refractivity contribution < 1.29 is 19.4 Å². The summed E-state index contributed by atoms with van der Waals surface area (Å²) in [6.45, 7) is 5.11. The van der Waals surface area contributed by atoms with Crippen LogP contribution in [0.1, 0.15) is 27.2 Å². The van der Waals surface area contributed by atoms with Crippen LogP contribution in [0.2, 0.25) is 0 Å². The number of carbonyl (C=O) groups is 2. The molecule has 1 atom stereocenters. The van der Waals surface area contributed by atoms with E-state index in [0.717, 1.165) is 5.01 Å². The van der Waals surface area contributed by atoms with Crippen LogP contribution in [0.25, 0.3) is 0 Å². The maximum absolute atomic E-state index is 11.8. The second-order valence-corrected chi connectivity index (χ2v) is 3.92. The number of aliphatic carboxylic acids is 1. The van der Waals surface area contributed by atoms with Gasteiger partial charge in [-0.1, -0.05) is 20.8 Å². The van der Waals surface area contributed by atoms with Gasteiger partial charge in [0.05, 0.1) is 0 Å². The molecule has 0 aliphatic carbocycles. The third-order valence-corrected chi connectivity index (χ3v) is 2.19. The monoisotopic (exact) mass is 228 g/mol. The van der Waals surface area contributed by atoms with E-state index in [-0.39, 0.29) is 5.92 Å². The Morgan fingerprint density at radius 2 is 2.25 bits per heavy atom. The van der Waals surface area contributed by atoms with Crippen LogP contribution in [0.15, 0.2) is 5.10 Å². The van der Waals surface area contributed by atoms with Gasteiger partial charge in [-0.25, -0.2) is 5.01 Å². The molecule has 0 spiro atoms. The molecule has 6 nitrogen and oxygen atoms in total. The first kappa shape index (κ1) is 12.5. The number of carboxylic acids is 1. The van der Waals surface area contributed by atoms with Crippen molar-refractivity contribution in [2.45, 2.75) is 33.3 Å². The highest BCUT2D eigenvalue weighted by molar-refractivity contribution is 5.91. The number of carboxylic acid groups (broad SMARTS) is 1. The predicted molar refractivity (Wildman–Crippen MR) is 56.8 cm³/mol. The third kappa shape index (κ3) is 2.71. The summed E-state index contributed by atoms with van der Waals surface area (Å²) in [5.41, 5.74) is 0. The minimum Gasteiger partial charge on any atom is -0.480 e. The summed E-state index contributed by atoms with van der Waals surface area (Å²) in [6.07, 6.45) is -0.0982. The van der Waals surface area contributed by atoms with Gasteiger partial charge in [-0.05, 0) is 5.92 Å². The van der Waals surface area contributed by atoms with Gasteiger partial charge in [0.2, 0.25) is 5.90 Å². The number of ether oxygens (including phenoxy) is 1. The highest BCUT2D eigenvalue weighted by Gasteiger charge is 2.34. The van der Waals surface area contributed by atoms with E-state index in [1.807, 2.05) is 20.8 Å². The molecule has 1 aliphatic rings. The van der Waals surface area contributed by atoms with E-state index >= 15 is 0 Å². The Labute approximate surface area is 93.9 Å². The molecular weight excluding hydrogens is 212 g/mol. The quantitative estimate of drug-likeness (QED) is 0.767. The summed E-state index contributed by atoms with van der Waals surface area (Å²) in [4.78, 5) is 22.4. The lowest BCUT2D eigenvalue weighted by Crippen LogP contribution is -2.47. The number of hydrogen-bond donors (Lipinski definition) is 1. The molecule has 90 valence electrons. The molecule has 6 heteroatoms. The number of hydrazone groups is 1. The summed E-state index contributed by atoms with van der Waals surface area (Å²) >= 11 is 0. The number of nitrogens with zero attached hydrogens (tertiary/aromatic N) is 2. The van der Waals surface area contributed by atoms with E-state index in [4.69, 9.17) is 9.84 Å². The standard InChI is InChI=1S/C10H16N2O4/c1-4-7-11-12(5-8(13)14)10(15)9(16-7)6(2)3/h6,9H,4-5H2,1-3H3,(H,13,14). The maximum atomic E-state index is 11.8. The lowest BCUT2D eigenvalue weighted by molar-refractivity contribution is -0.151. The fourth-order valence-electron chi connectivity index (χ4n) is 1.37. The van der Waals surface area contributed by atoms with Gasteiger partial charge < -0.3 is 9.84 Å². The van der Waals surface area contributed by atoms with Crippen molar-refractivity contribution in [3.8, 4) is 0 Å². The Bertz CT molecular complexity index is 325. The van der Waals surface area contributed by atoms with E-state index in [2.05, 4.69) is 5.10 Å². The largest absolute Gasteiger partial charge is 0.480 e. The molecule has 0 radical (unpaired) electrons. The van der Waals surface area contributed by atoms with E-state index in [1.54, 1.807) is 0 Å². The number of amides is 1. The zero-order chi connectivity index (χ0) is 12.3. The van der Waals surface area contributed by atoms with Crippen LogP contribution in [0.4, 0.5) is 0 Å². The predicted octanol–water partition coefficient (Wildman–Crippen LogP) is 0.678. The molecule has 1 heterocycles. The summed E-state index contributed by atoms with van der Waals surface area (Å²) in [5.74, 6) is -1.09. The number of hydrogen-bond acceptors (Lipinski definition) is 4. The molecule has 0 saturated carbocycles. The second kappa shape index (κ2) is 4.96. The lowest BCUT2D eigenvalue weighted by Gasteiger charge is -2.30. The van der Waals surface area contributed by atoms with Crippen LogP contribution >= 0.6 is 0 Å². The molecule has 1 aliphatic heterocycles. The molecular formula is C10H16N2O4. The Balaban J connectivity index is 2.89. The van der Waals surface area contributed by atoms with E-state index in [1.165, 1.54) is 0 Å². The first-order valence-corrected chi connectivity index (χ1v) is 5.23. The Morgan fingerprint density at radius 1 is 1.62 bits per heavy atom. The van der Waals surface area contributed by atoms with Crippen LogP contribution in [0.5, 0.6) is 0 Å². The molecule has 0 aromatic rings. The Morgan fingerprint density at radius 3 is 2.69 bits per heavy atom. The minimum absolute atomic E-state index is 0.0131. The van der Waals surface area contributed by atoms with Crippen LogP contribution in [-0.2, 0) is 14.3 Å². The van der Waals surface area contributed by atoms with Crippen molar-refractivity contribution in [2.75, 3.05) is 6.54 Å². The fourth-order valence-corrected chi connectivity index (χ4v) is 1.37. The zero-order valence-corrected chi connectivity index (χ0v) is 9.64. The highest BCUT2D eigenvalue weighted by atomic mass is 16.5.